The molecule has 0 aliphatic carbocycles. The number of methoxy groups -OCH3 is 1. The number of carbonyl (C=O) groups is 1. The summed E-state index contributed by atoms with van der Waals surface area (Å²) in [7, 11) is 1.46. The normalized spacial score (nSPS) is 10.7. The van der Waals surface area contributed by atoms with Gasteiger partial charge in [0.05, 0.1) is 12.2 Å². The second-order valence-corrected chi connectivity index (χ2v) is 5.20. The van der Waals surface area contributed by atoms with Gasteiger partial charge >= 0.3 is 0 Å². The van der Waals surface area contributed by atoms with E-state index >= 15 is 0 Å². The molecule has 0 bridgehead atoms. The van der Waals surface area contributed by atoms with Crippen molar-refractivity contribution in [2.24, 2.45) is 0 Å². The summed E-state index contributed by atoms with van der Waals surface area (Å²) in [6.07, 6.45) is 0. The first-order valence-corrected chi connectivity index (χ1v) is 7.48. The van der Waals surface area contributed by atoms with Crippen molar-refractivity contribution in [3.63, 3.8) is 0 Å². The Morgan fingerprint density at radius 1 is 0.962 bits per heavy atom. The fourth-order valence-electron chi connectivity index (χ4n) is 2.19. The Bertz CT molecular complexity index is 785. The second-order valence-electron chi connectivity index (χ2n) is 5.20. The van der Waals surface area contributed by atoms with E-state index in [2.05, 4.69) is 10.6 Å². The Labute approximate surface area is 146 Å². The predicted octanol–water partition coefficient (Wildman–Crippen LogP) is 3.37. The van der Waals surface area contributed by atoms with Crippen LogP contribution in [0.1, 0.15) is 15.9 Å². The number of ether oxygens (including phenoxy) is 1. The molecule has 0 atom stereocenters. The molecule has 0 spiro atoms. The number of halogens is 5. The highest BCUT2D eigenvalue weighted by molar-refractivity contribution is 5.99. The molecule has 0 unspecified atom stereocenters. The molecule has 2 aromatic rings. The van der Waals surface area contributed by atoms with Gasteiger partial charge in [0.25, 0.3) is 5.91 Å². The maximum Gasteiger partial charge on any atom is 0.253 e. The van der Waals surface area contributed by atoms with E-state index in [0.717, 1.165) is 0 Å². The molecule has 26 heavy (non-hydrogen) atoms. The van der Waals surface area contributed by atoms with Gasteiger partial charge in [-0.05, 0) is 12.1 Å². The lowest BCUT2D eigenvalue weighted by Crippen LogP contribution is -2.27. The topological polar surface area (TPSA) is 50.4 Å². The summed E-state index contributed by atoms with van der Waals surface area (Å²) < 4.78 is 71.8. The van der Waals surface area contributed by atoms with Crippen molar-refractivity contribution in [1.29, 1.82) is 0 Å². The SMILES string of the molecule is COCCNC(=O)c1ccccc1NCc1c(F)c(F)c(F)c(F)c1F. The summed E-state index contributed by atoms with van der Waals surface area (Å²) >= 11 is 0. The third kappa shape index (κ3) is 4.10. The minimum Gasteiger partial charge on any atom is -0.383 e. The highest BCUT2D eigenvalue weighted by atomic mass is 19.2. The van der Waals surface area contributed by atoms with Crippen LogP contribution in [0, 0.1) is 29.1 Å². The number of nitrogens with one attached hydrogen (secondary N) is 2. The Hall–Kier alpha value is -2.68. The van der Waals surface area contributed by atoms with Gasteiger partial charge in [-0.3, -0.25) is 4.79 Å². The van der Waals surface area contributed by atoms with Crippen LogP contribution in [0.2, 0.25) is 0 Å². The van der Waals surface area contributed by atoms with Crippen LogP contribution in [0.5, 0.6) is 0 Å². The third-order valence-electron chi connectivity index (χ3n) is 3.52. The largest absolute Gasteiger partial charge is 0.383 e. The third-order valence-corrected chi connectivity index (χ3v) is 3.52. The number of rotatable bonds is 7. The summed E-state index contributed by atoms with van der Waals surface area (Å²) in [6.45, 7) is -0.179. The van der Waals surface area contributed by atoms with E-state index in [1.165, 1.54) is 19.2 Å². The Balaban J connectivity index is 2.23. The average Bonchev–Trinajstić information content (AvgIpc) is 2.65. The van der Waals surface area contributed by atoms with Gasteiger partial charge in [0, 0.05) is 31.5 Å². The lowest BCUT2D eigenvalue weighted by molar-refractivity contribution is 0.0938. The number of anilines is 1. The molecule has 0 radical (unpaired) electrons. The van der Waals surface area contributed by atoms with Gasteiger partial charge in [0.1, 0.15) is 0 Å². The van der Waals surface area contributed by atoms with Crippen LogP contribution in [0.15, 0.2) is 24.3 Å². The number of para-hydroxylation sites is 1. The van der Waals surface area contributed by atoms with Crippen LogP contribution in [-0.4, -0.2) is 26.2 Å². The van der Waals surface area contributed by atoms with E-state index in [1.807, 2.05) is 0 Å². The van der Waals surface area contributed by atoms with Gasteiger partial charge < -0.3 is 15.4 Å². The quantitative estimate of drug-likeness (QED) is 0.338. The van der Waals surface area contributed by atoms with Gasteiger partial charge in [0.15, 0.2) is 23.3 Å². The van der Waals surface area contributed by atoms with Crippen LogP contribution in [0.3, 0.4) is 0 Å². The Kier molecular flexibility index (Phi) is 6.51. The molecule has 2 aromatic carbocycles. The smallest absolute Gasteiger partial charge is 0.253 e. The predicted molar refractivity (Wildman–Crippen MR) is 84.2 cm³/mol. The Morgan fingerprint density at radius 3 is 2.15 bits per heavy atom. The van der Waals surface area contributed by atoms with Gasteiger partial charge in [0.2, 0.25) is 5.82 Å². The molecule has 0 aliphatic heterocycles. The highest BCUT2D eigenvalue weighted by Gasteiger charge is 2.25. The summed E-state index contributed by atoms with van der Waals surface area (Å²) in [5, 5.41) is 5.09. The summed E-state index contributed by atoms with van der Waals surface area (Å²) in [5.74, 6) is -10.6. The minimum atomic E-state index is -2.22. The minimum absolute atomic E-state index is 0.146. The number of benzene rings is 2. The molecule has 0 aromatic heterocycles. The van der Waals surface area contributed by atoms with Crippen LogP contribution in [-0.2, 0) is 11.3 Å². The number of amides is 1. The molecule has 9 heteroatoms. The average molecular weight is 374 g/mol. The van der Waals surface area contributed by atoms with Crippen molar-refractivity contribution in [2.75, 3.05) is 25.6 Å². The first kappa shape index (κ1) is 19.6. The molecule has 2 N–H and O–H groups in total. The van der Waals surface area contributed by atoms with Crippen molar-refractivity contribution in [2.45, 2.75) is 6.54 Å². The zero-order valence-electron chi connectivity index (χ0n) is 13.6. The molecule has 4 nitrogen and oxygen atoms in total. The summed E-state index contributed by atoms with van der Waals surface area (Å²) in [6, 6.07) is 6.00. The first-order chi connectivity index (χ1) is 12.4. The molecule has 0 saturated carbocycles. The molecule has 140 valence electrons. The van der Waals surface area contributed by atoms with E-state index in [-0.39, 0.29) is 24.4 Å². The zero-order valence-corrected chi connectivity index (χ0v) is 13.6. The molecule has 1 amide bonds. The maximum atomic E-state index is 13.7. The molecule has 0 saturated heterocycles. The lowest BCUT2D eigenvalue weighted by atomic mass is 10.1. The fourth-order valence-corrected chi connectivity index (χ4v) is 2.19. The summed E-state index contributed by atoms with van der Waals surface area (Å²) in [4.78, 5) is 12.1. The molecular weight excluding hydrogens is 359 g/mol. The van der Waals surface area contributed by atoms with E-state index in [0.29, 0.717) is 0 Å². The van der Waals surface area contributed by atoms with Gasteiger partial charge in [-0.2, -0.15) is 0 Å². The van der Waals surface area contributed by atoms with Crippen molar-refractivity contribution in [3.8, 4) is 0 Å². The van der Waals surface area contributed by atoms with Crippen LogP contribution in [0.4, 0.5) is 27.6 Å². The molecule has 0 fully saturated rings. The Morgan fingerprint density at radius 2 is 1.54 bits per heavy atom. The molecule has 0 aliphatic rings. The summed E-state index contributed by atoms with van der Waals surface area (Å²) in [5.41, 5.74) is -0.699. The van der Waals surface area contributed by atoms with E-state index in [4.69, 9.17) is 4.74 Å². The van der Waals surface area contributed by atoms with E-state index in [1.54, 1.807) is 12.1 Å². The van der Waals surface area contributed by atoms with Gasteiger partial charge in [-0.1, -0.05) is 12.1 Å². The number of hydrogen-bond donors (Lipinski definition) is 2. The number of hydrogen-bond acceptors (Lipinski definition) is 3. The van der Waals surface area contributed by atoms with Crippen LogP contribution >= 0.6 is 0 Å². The first-order valence-electron chi connectivity index (χ1n) is 7.48. The fraction of sp³-hybridized carbons (Fsp3) is 0.235. The van der Waals surface area contributed by atoms with E-state index in [9.17, 15) is 26.7 Å². The highest BCUT2D eigenvalue weighted by Crippen LogP contribution is 2.24. The standard InChI is InChI=1S/C17H15F5N2O2/c1-26-7-6-23-17(25)9-4-2-3-5-11(9)24-8-10-12(18)14(20)16(22)15(21)13(10)19/h2-5,24H,6-8H2,1H3,(H,23,25). The van der Waals surface area contributed by atoms with Crippen molar-refractivity contribution < 1.29 is 31.5 Å². The second kappa shape index (κ2) is 8.61. The molecule has 0 heterocycles. The van der Waals surface area contributed by atoms with Crippen molar-refractivity contribution in [1.82, 2.24) is 5.32 Å². The van der Waals surface area contributed by atoms with Gasteiger partial charge in [-0.15, -0.1) is 0 Å². The number of carbonyl (C=O) groups excluding carboxylic acids is 1. The molecular formula is C17H15F5N2O2. The van der Waals surface area contributed by atoms with Gasteiger partial charge in [-0.25, -0.2) is 22.0 Å². The monoisotopic (exact) mass is 374 g/mol. The lowest BCUT2D eigenvalue weighted by Gasteiger charge is -2.14. The molecule has 2 rings (SSSR count). The zero-order chi connectivity index (χ0) is 19.3. The maximum absolute atomic E-state index is 13.7. The van der Waals surface area contributed by atoms with Crippen LogP contribution in [0.25, 0.3) is 0 Å². The van der Waals surface area contributed by atoms with E-state index < -0.39 is 47.1 Å². The van der Waals surface area contributed by atoms with Crippen molar-refractivity contribution in [3.05, 3.63) is 64.5 Å². The van der Waals surface area contributed by atoms with Crippen molar-refractivity contribution >= 4 is 11.6 Å². The van der Waals surface area contributed by atoms with Crippen LogP contribution < -0.4 is 10.6 Å².